The van der Waals surface area contributed by atoms with Crippen molar-refractivity contribution < 1.29 is 14.3 Å². The predicted octanol–water partition coefficient (Wildman–Crippen LogP) is 0.848. The Morgan fingerprint density at radius 3 is 2.11 bits per heavy atom. The fraction of sp³-hybridized carbons (Fsp3) is 0.667. The Bertz CT molecular complexity index is 139. The van der Waals surface area contributed by atoms with Crippen LogP contribution in [-0.4, -0.2) is 11.6 Å². The van der Waals surface area contributed by atoms with Gasteiger partial charge in [-0.3, -0.25) is 0 Å². The predicted molar refractivity (Wildman–Crippen MR) is 30.2 cm³/mol. The quantitative estimate of drug-likeness (QED) is 0.455. The van der Waals surface area contributed by atoms with E-state index in [1.54, 1.807) is 20.8 Å². The number of esters is 1. The average molecular weight is 129 g/mol. The molecule has 9 heavy (non-hydrogen) atoms. The van der Waals surface area contributed by atoms with Crippen LogP contribution in [0.5, 0.6) is 0 Å². The van der Waals surface area contributed by atoms with E-state index in [4.69, 9.17) is 4.74 Å². The molecule has 0 saturated carbocycles. The summed E-state index contributed by atoms with van der Waals surface area (Å²) in [4.78, 5) is 10.7. The lowest BCUT2D eigenvalue weighted by Crippen LogP contribution is -2.27. The number of hydrogen-bond acceptors (Lipinski definition) is 3. The van der Waals surface area contributed by atoms with Crippen molar-refractivity contribution in [2.45, 2.75) is 26.4 Å². The third-order valence-electron chi connectivity index (χ3n) is 1.13. The Balaban J connectivity index is 2.70. The molecule has 3 nitrogen and oxygen atoms in total. The molecule has 0 aromatic carbocycles. The van der Waals surface area contributed by atoms with Crippen LogP contribution in [0.2, 0.25) is 0 Å². The van der Waals surface area contributed by atoms with Gasteiger partial charge in [-0.15, -0.1) is 0 Å². The molecule has 0 spiro atoms. The second-order valence-electron chi connectivity index (χ2n) is 2.49. The van der Waals surface area contributed by atoms with E-state index in [2.05, 4.69) is 4.74 Å². The van der Waals surface area contributed by atoms with E-state index in [0.29, 0.717) is 6.29 Å². The van der Waals surface area contributed by atoms with Crippen LogP contribution in [0, 0.1) is 6.29 Å². The van der Waals surface area contributed by atoms with Crippen molar-refractivity contribution in [1.82, 2.24) is 0 Å². The van der Waals surface area contributed by atoms with E-state index in [-0.39, 0.29) is 5.97 Å². The van der Waals surface area contributed by atoms with Crippen LogP contribution in [-0.2, 0) is 14.3 Å². The third-order valence-corrected chi connectivity index (χ3v) is 1.13. The minimum absolute atomic E-state index is 0.319. The summed E-state index contributed by atoms with van der Waals surface area (Å²) in [7, 11) is 0. The molecule has 1 rings (SSSR count). The molecule has 0 N–H and O–H groups in total. The minimum atomic E-state index is -0.774. The highest BCUT2D eigenvalue weighted by Crippen LogP contribution is 2.27. The molecular weight excluding hydrogens is 120 g/mol. The summed E-state index contributed by atoms with van der Waals surface area (Å²) >= 11 is 0. The molecule has 0 atom stereocenters. The summed E-state index contributed by atoms with van der Waals surface area (Å²) in [6.07, 6.45) is 0.338. The first-order chi connectivity index (χ1) is 4.02. The Morgan fingerprint density at radius 2 is 2.00 bits per heavy atom. The lowest BCUT2D eigenvalue weighted by Gasteiger charge is -2.08. The Morgan fingerprint density at radius 1 is 1.44 bits per heavy atom. The summed E-state index contributed by atoms with van der Waals surface area (Å²) in [6.45, 7) is 4.96. The lowest BCUT2D eigenvalue weighted by molar-refractivity contribution is -0.142. The van der Waals surface area contributed by atoms with Crippen molar-refractivity contribution >= 4 is 5.97 Å². The molecule has 1 fully saturated rings. The fourth-order valence-electron chi connectivity index (χ4n) is 0.675. The first kappa shape index (κ1) is 6.55. The van der Waals surface area contributed by atoms with Gasteiger partial charge in [0.2, 0.25) is 0 Å². The molecule has 3 heteroatoms. The van der Waals surface area contributed by atoms with Crippen molar-refractivity contribution in [3.05, 3.63) is 6.29 Å². The monoisotopic (exact) mass is 129 g/mol. The molecule has 1 aliphatic heterocycles. The van der Waals surface area contributed by atoms with Gasteiger partial charge in [0.25, 0.3) is 6.29 Å². The number of carbonyl (C=O) groups excluding carboxylic acids is 1. The molecule has 1 heterocycles. The molecule has 0 unspecified atom stereocenters. The Hall–Kier alpha value is -0.570. The number of hydrogen-bond donors (Lipinski definition) is 0. The second-order valence-corrected chi connectivity index (χ2v) is 2.49. The van der Waals surface area contributed by atoms with Crippen molar-refractivity contribution in [2.75, 3.05) is 0 Å². The Labute approximate surface area is 53.9 Å². The maximum absolute atomic E-state index is 10.7. The van der Waals surface area contributed by atoms with E-state index >= 15 is 0 Å². The summed E-state index contributed by atoms with van der Waals surface area (Å²) in [5.41, 5.74) is -0.774. The molecule has 0 aromatic heterocycles. The molecule has 51 valence electrons. The van der Waals surface area contributed by atoms with E-state index in [0.717, 1.165) is 0 Å². The SMILES string of the molecule is C[C]1OC(=O)C(C)(C)O1. The van der Waals surface area contributed by atoms with Gasteiger partial charge in [0.15, 0.2) is 5.60 Å². The summed E-state index contributed by atoms with van der Waals surface area (Å²) in [5.74, 6) is -0.319. The van der Waals surface area contributed by atoms with Crippen LogP contribution in [0.3, 0.4) is 0 Å². The van der Waals surface area contributed by atoms with Gasteiger partial charge in [0.05, 0.1) is 0 Å². The first-order valence-corrected chi connectivity index (χ1v) is 2.77. The lowest BCUT2D eigenvalue weighted by atomic mass is 10.1. The van der Waals surface area contributed by atoms with Crippen molar-refractivity contribution in [1.29, 1.82) is 0 Å². The van der Waals surface area contributed by atoms with Gasteiger partial charge in [-0.25, -0.2) is 4.79 Å². The van der Waals surface area contributed by atoms with Gasteiger partial charge in [-0.05, 0) is 13.8 Å². The maximum Gasteiger partial charge on any atom is 0.340 e. The highest BCUT2D eigenvalue weighted by Gasteiger charge is 2.41. The van der Waals surface area contributed by atoms with Crippen molar-refractivity contribution in [2.24, 2.45) is 0 Å². The van der Waals surface area contributed by atoms with Crippen LogP contribution in [0.15, 0.2) is 0 Å². The van der Waals surface area contributed by atoms with Gasteiger partial charge in [-0.2, -0.15) is 0 Å². The smallest absolute Gasteiger partial charge is 0.340 e. The summed E-state index contributed by atoms with van der Waals surface area (Å²) in [6, 6.07) is 0. The standard InChI is InChI=1S/C6H9O3/c1-4-8-5(7)6(2,3)9-4/h1-3H3. The number of carbonyl (C=O) groups is 1. The van der Waals surface area contributed by atoms with E-state index in [9.17, 15) is 4.79 Å². The number of cyclic esters (lactones) is 1. The van der Waals surface area contributed by atoms with E-state index in [1.165, 1.54) is 0 Å². The topological polar surface area (TPSA) is 35.5 Å². The van der Waals surface area contributed by atoms with Crippen LogP contribution in [0.4, 0.5) is 0 Å². The highest BCUT2D eigenvalue weighted by molar-refractivity contribution is 5.80. The van der Waals surface area contributed by atoms with Crippen LogP contribution >= 0.6 is 0 Å². The summed E-state index contributed by atoms with van der Waals surface area (Å²) < 4.78 is 9.64. The minimum Gasteiger partial charge on any atom is -0.424 e. The van der Waals surface area contributed by atoms with Crippen LogP contribution in [0.1, 0.15) is 20.8 Å². The molecule has 1 saturated heterocycles. The first-order valence-electron chi connectivity index (χ1n) is 2.77. The summed E-state index contributed by atoms with van der Waals surface area (Å²) in [5, 5.41) is 0. The van der Waals surface area contributed by atoms with Gasteiger partial charge in [-0.1, -0.05) is 0 Å². The fourth-order valence-corrected chi connectivity index (χ4v) is 0.675. The second kappa shape index (κ2) is 1.70. The van der Waals surface area contributed by atoms with Crippen LogP contribution < -0.4 is 0 Å². The van der Waals surface area contributed by atoms with E-state index < -0.39 is 5.60 Å². The van der Waals surface area contributed by atoms with Gasteiger partial charge >= 0.3 is 5.97 Å². The van der Waals surface area contributed by atoms with Crippen LogP contribution in [0.25, 0.3) is 0 Å². The zero-order valence-corrected chi connectivity index (χ0v) is 5.72. The highest BCUT2D eigenvalue weighted by atomic mass is 16.8. The molecule has 1 radical (unpaired) electrons. The molecule has 0 bridgehead atoms. The maximum atomic E-state index is 10.7. The third kappa shape index (κ3) is 1.05. The molecule has 0 amide bonds. The largest absolute Gasteiger partial charge is 0.424 e. The zero-order valence-electron chi connectivity index (χ0n) is 5.72. The molecular formula is C6H9O3. The molecule has 0 aromatic rings. The number of ether oxygens (including phenoxy) is 2. The van der Waals surface area contributed by atoms with E-state index in [1.807, 2.05) is 0 Å². The van der Waals surface area contributed by atoms with Gasteiger partial charge in [0, 0.05) is 6.92 Å². The Kier molecular flexibility index (Phi) is 1.24. The van der Waals surface area contributed by atoms with Crippen molar-refractivity contribution in [3.8, 4) is 0 Å². The average Bonchev–Trinajstić information content (AvgIpc) is 1.79. The van der Waals surface area contributed by atoms with Gasteiger partial charge < -0.3 is 9.47 Å². The van der Waals surface area contributed by atoms with Crippen molar-refractivity contribution in [3.63, 3.8) is 0 Å². The van der Waals surface area contributed by atoms with Gasteiger partial charge in [0.1, 0.15) is 0 Å². The molecule has 1 aliphatic rings. The normalized spacial score (nSPS) is 26.3. The zero-order chi connectivity index (χ0) is 7.07. The molecule has 0 aliphatic carbocycles. The number of rotatable bonds is 0.